The zero-order valence-corrected chi connectivity index (χ0v) is 12.6. The minimum absolute atomic E-state index is 0.0171. The maximum Gasteiger partial charge on any atom is 0.253 e. The Morgan fingerprint density at radius 3 is 2.40 bits per heavy atom. The first kappa shape index (κ1) is 16.6. The fourth-order valence-corrected chi connectivity index (χ4v) is 2.40. The Morgan fingerprint density at radius 2 is 1.95 bits per heavy atom. The molecule has 0 saturated carbocycles. The van der Waals surface area contributed by atoms with Crippen LogP contribution < -0.4 is 5.14 Å². The van der Waals surface area contributed by atoms with E-state index in [1.54, 1.807) is 6.92 Å². The summed E-state index contributed by atoms with van der Waals surface area (Å²) < 4.78 is 36.0. The van der Waals surface area contributed by atoms with E-state index in [1.165, 1.54) is 4.90 Å². The van der Waals surface area contributed by atoms with Crippen molar-refractivity contribution in [3.05, 3.63) is 29.6 Å². The first-order valence-corrected chi connectivity index (χ1v) is 7.82. The normalized spacial score (nSPS) is 11.7. The van der Waals surface area contributed by atoms with Gasteiger partial charge in [0.2, 0.25) is 10.0 Å². The summed E-state index contributed by atoms with van der Waals surface area (Å²) in [7, 11) is -4.05. The van der Waals surface area contributed by atoms with E-state index in [1.807, 2.05) is 13.8 Å². The molecule has 0 saturated heterocycles. The third kappa shape index (κ3) is 4.28. The van der Waals surface area contributed by atoms with Crippen LogP contribution in [0, 0.1) is 11.7 Å². The van der Waals surface area contributed by atoms with Crippen molar-refractivity contribution in [2.45, 2.75) is 25.7 Å². The molecular formula is C13H19FN2O3S. The number of benzene rings is 1. The predicted molar refractivity (Wildman–Crippen MR) is 74.2 cm³/mol. The topological polar surface area (TPSA) is 80.5 Å². The van der Waals surface area contributed by atoms with Gasteiger partial charge in [0, 0.05) is 18.7 Å². The van der Waals surface area contributed by atoms with Crippen molar-refractivity contribution in [1.82, 2.24) is 4.90 Å². The molecule has 1 amide bonds. The Hall–Kier alpha value is -1.47. The Morgan fingerprint density at radius 1 is 1.35 bits per heavy atom. The summed E-state index contributed by atoms with van der Waals surface area (Å²) in [4.78, 5) is 13.4. The van der Waals surface area contributed by atoms with Crippen molar-refractivity contribution in [1.29, 1.82) is 0 Å². The number of halogens is 1. The summed E-state index contributed by atoms with van der Waals surface area (Å²) in [5.41, 5.74) is -0.0171. The molecule has 112 valence electrons. The van der Waals surface area contributed by atoms with Crippen LogP contribution >= 0.6 is 0 Å². The largest absolute Gasteiger partial charge is 0.339 e. The molecule has 0 heterocycles. The molecule has 0 unspecified atom stereocenters. The van der Waals surface area contributed by atoms with Crippen molar-refractivity contribution >= 4 is 15.9 Å². The van der Waals surface area contributed by atoms with Crippen molar-refractivity contribution < 1.29 is 17.6 Å². The molecule has 20 heavy (non-hydrogen) atoms. The van der Waals surface area contributed by atoms with E-state index in [0.29, 0.717) is 13.1 Å². The zero-order valence-electron chi connectivity index (χ0n) is 11.8. The zero-order chi connectivity index (χ0) is 15.5. The number of rotatable bonds is 5. The van der Waals surface area contributed by atoms with Gasteiger partial charge in [-0.05, 0) is 31.0 Å². The summed E-state index contributed by atoms with van der Waals surface area (Å²) in [5.74, 6) is -0.962. The van der Waals surface area contributed by atoms with Gasteiger partial charge in [0.25, 0.3) is 5.91 Å². The van der Waals surface area contributed by atoms with Gasteiger partial charge in [-0.15, -0.1) is 0 Å². The average Bonchev–Trinajstić information content (AvgIpc) is 2.33. The highest BCUT2D eigenvalue weighted by Gasteiger charge is 2.19. The third-order valence-electron chi connectivity index (χ3n) is 2.70. The summed E-state index contributed by atoms with van der Waals surface area (Å²) in [6.45, 7) is 6.68. The van der Waals surface area contributed by atoms with Crippen LogP contribution in [0.1, 0.15) is 31.1 Å². The van der Waals surface area contributed by atoms with Gasteiger partial charge in [0.15, 0.2) is 0 Å². The van der Waals surface area contributed by atoms with E-state index >= 15 is 0 Å². The maximum absolute atomic E-state index is 13.5. The predicted octanol–water partition coefficient (Wildman–Crippen LogP) is 1.59. The summed E-state index contributed by atoms with van der Waals surface area (Å²) in [6, 6.07) is 2.91. The van der Waals surface area contributed by atoms with Crippen molar-refractivity contribution in [2.24, 2.45) is 11.1 Å². The number of hydrogen-bond donors (Lipinski definition) is 1. The highest BCUT2D eigenvalue weighted by molar-refractivity contribution is 7.89. The van der Waals surface area contributed by atoms with Crippen LogP contribution in [0.2, 0.25) is 0 Å². The van der Waals surface area contributed by atoms with Crippen LogP contribution in [0.5, 0.6) is 0 Å². The molecule has 7 heteroatoms. The second kappa shape index (κ2) is 6.32. The molecule has 2 N–H and O–H groups in total. The molecule has 0 atom stereocenters. The van der Waals surface area contributed by atoms with Crippen LogP contribution in [-0.2, 0) is 10.0 Å². The smallest absolute Gasteiger partial charge is 0.253 e. The van der Waals surface area contributed by atoms with Crippen LogP contribution in [0.15, 0.2) is 23.1 Å². The lowest BCUT2D eigenvalue weighted by molar-refractivity contribution is 0.0745. The van der Waals surface area contributed by atoms with Gasteiger partial charge in [-0.3, -0.25) is 4.79 Å². The van der Waals surface area contributed by atoms with E-state index in [4.69, 9.17) is 5.14 Å². The fraction of sp³-hybridized carbons (Fsp3) is 0.462. The summed E-state index contributed by atoms with van der Waals surface area (Å²) >= 11 is 0. The van der Waals surface area contributed by atoms with Gasteiger partial charge < -0.3 is 4.90 Å². The summed E-state index contributed by atoms with van der Waals surface area (Å²) in [5, 5.41) is 4.96. The molecule has 1 aromatic carbocycles. The van der Waals surface area contributed by atoms with Crippen LogP contribution in [0.25, 0.3) is 0 Å². The number of carbonyl (C=O) groups is 1. The second-order valence-corrected chi connectivity index (χ2v) is 6.52. The Balaban J connectivity index is 3.19. The molecule has 0 aliphatic heterocycles. The highest BCUT2D eigenvalue weighted by atomic mass is 32.2. The standard InChI is InChI=1S/C13H19FN2O3S/c1-4-16(8-9(2)3)13(17)10-5-11(14)7-12(6-10)20(15,18)19/h5-7,9H,4,8H2,1-3H3,(H2,15,18,19). The minimum Gasteiger partial charge on any atom is -0.339 e. The van der Waals surface area contributed by atoms with Crippen LogP contribution in [0.3, 0.4) is 0 Å². The van der Waals surface area contributed by atoms with E-state index < -0.39 is 26.6 Å². The lowest BCUT2D eigenvalue weighted by atomic mass is 10.1. The summed E-state index contributed by atoms with van der Waals surface area (Å²) in [6.07, 6.45) is 0. The Labute approximate surface area is 118 Å². The van der Waals surface area contributed by atoms with Gasteiger partial charge in [-0.25, -0.2) is 17.9 Å². The minimum atomic E-state index is -4.05. The third-order valence-corrected chi connectivity index (χ3v) is 3.59. The van der Waals surface area contributed by atoms with Crippen molar-refractivity contribution in [2.75, 3.05) is 13.1 Å². The number of carbonyl (C=O) groups excluding carboxylic acids is 1. The van der Waals surface area contributed by atoms with Gasteiger partial charge in [-0.2, -0.15) is 0 Å². The Bertz CT molecular complexity index is 600. The molecule has 1 rings (SSSR count). The molecule has 0 spiro atoms. The molecule has 1 aromatic rings. The molecule has 0 aromatic heterocycles. The van der Waals surface area contributed by atoms with Gasteiger partial charge >= 0.3 is 0 Å². The van der Waals surface area contributed by atoms with E-state index in [0.717, 1.165) is 18.2 Å². The van der Waals surface area contributed by atoms with Crippen LogP contribution in [0.4, 0.5) is 4.39 Å². The molecule has 0 bridgehead atoms. The van der Waals surface area contributed by atoms with Crippen molar-refractivity contribution in [3.63, 3.8) is 0 Å². The molecule has 5 nitrogen and oxygen atoms in total. The van der Waals surface area contributed by atoms with Gasteiger partial charge in [0.05, 0.1) is 4.90 Å². The molecular weight excluding hydrogens is 283 g/mol. The average molecular weight is 302 g/mol. The quantitative estimate of drug-likeness (QED) is 0.897. The fourth-order valence-electron chi connectivity index (χ4n) is 1.83. The number of amides is 1. The van der Waals surface area contributed by atoms with Crippen molar-refractivity contribution in [3.8, 4) is 0 Å². The van der Waals surface area contributed by atoms with Gasteiger partial charge in [0.1, 0.15) is 5.82 Å². The van der Waals surface area contributed by atoms with Crippen LogP contribution in [-0.4, -0.2) is 32.3 Å². The van der Waals surface area contributed by atoms with Gasteiger partial charge in [-0.1, -0.05) is 13.8 Å². The number of nitrogens with two attached hydrogens (primary N) is 1. The number of hydrogen-bond acceptors (Lipinski definition) is 3. The SMILES string of the molecule is CCN(CC(C)C)C(=O)c1cc(F)cc(S(N)(=O)=O)c1. The van der Waals surface area contributed by atoms with E-state index in [2.05, 4.69) is 0 Å². The molecule has 0 aliphatic carbocycles. The Kier molecular flexibility index (Phi) is 5.24. The maximum atomic E-state index is 13.5. The molecule has 0 aliphatic rings. The molecule has 0 fully saturated rings. The monoisotopic (exact) mass is 302 g/mol. The number of primary sulfonamides is 1. The first-order valence-electron chi connectivity index (χ1n) is 6.27. The highest BCUT2D eigenvalue weighted by Crippen LogP contribution is 2.15. The number of nitrogens with zero attached hydrogens (tertiary/aromatic N) is 1. The second-order valence-electron chi connectivity index (χ2n) is 4.96. The van der Waals surface area contributed by atoms with E-state index in [-0.39, 0.29) is 11.5 Å². The first-order chi connectivity index (χ1) is 9.15. The molecule has 0 radical (unpaired) electrons. The lowest BCUT2D eigenvalue weighted by Crippen LogP contribution is -2.34. The van der Waals surface area contributed by atoms with E-state index in [9.17, 15) is 17.6 Å². The number of sulfonamides is 1. The lowest BCUT2D eigenvalue weighted by Gasteiger charge is -2.23.